The molecule has 2 aliphatic rings. The predicted octanol–water partition coefficient (Wildman–Crippen LogP) is 2.35. The standard InChI is InChI=1S/C13H26N2/c1-3-12(4-2)15-10-6-9-14-8-5-7-13(14)11-15/h12-13H,3-11H2,1-2H3. The van der Waals surface area contributed by atoms with Gasteiger partial charge in [0.2, 0.25) is 0 Å². The van der Waals surface area contributed by atoms with E-state index in [2.05, 4.69) is 23.6 Å². The molecule has 2 heteroatoms. The minimum Gasteiger partial charge on any atom is -0.299 e. The minimum absolute atomic E-state index is 0.838. The molecule has 0 radical (unpaired) electrons. The van der Waals surface area contributed by atoms with Crippen LogP contribution in [-0.4, -0.2) is 48.1 Å². The van der Waals surface area contributed by atoms with E-state index in [4.69, 9.17) is 0 Å². The first-order valence-corrected chi connectivity index (χ1v) is 6.83. The second-order valence-electron chi connectivity index (χ2n) is 5.15. The summed E-state index contributed by atoms with van der Waals surface area (Å²) in [6, 6.07) is 1.72. The van der Waals surface area contributed by atoms with Crippen LogP contribution in [0, 0.1) is 0 Å². The van der Waals surface area contributed by atoms with Gasteiger partial charge in [0.1, 0.15) is 0 Å². The van der Waals surface area contributed by atoms with Crippen LogP contribution in [-0.2, 0) is 0 Å². The van der Waals surface area contributed by atoms with Gasteiger partial charge in [0.15, 0.2) is 0 Å². The van der Waals surface area contributed by atoms with E-state index in [1.165, 1.54) is 58.3 Å². The van der Waals surface area contributed by atoms with Crippen molar-refractivity contribution in [2.24, 2.45) is 0 Å². The van der Waals surface area contributed by atoms with E-state index in [0.29, 0.717) is 0 Å². The van der Waals surface area contributed by atoms with Crippen molar-refractivity contribution in [3.63, 3.8) is 0 Å². The molecule has 88 valence electrons. The SMILES string of the molecule is CCC(CC)N1CCCN2CCCC2C1. The van der Waals surface area contributed by atoms with Crippen molar-refractivity contribution in [2.75, 3.05) is 26.2 Å². The first-order valence-electron chi connectivity index (χ1n) is 6.83. The van der Waals surface area contributed by atoms with E-state index in [0.717, 1.165) is 12.1 Å². The summed E-state index contributed by atoms with van der Waals surface area (Å²) in [4.78, 5) is 5.48. The second-order valence-corrected chi connectivity index (χ2v) is 5.15. The molecule has 0 aliphatic carbocycles. The Morgan fingerprint density at radius 2 is 1.80 bits per heavy atom. The fourth-order valence-electron chi connectivity index (χ4n) is 3.37. The van der Waals surface area contributed by atoms with Gasteiger partial charge in [0.05, 0.1) is 0 Å². The fraction of sp³-hybridized carbons (Fsp3) is 1.00. The Kier molecular flexibility index (Phi) is 4.04. The van der Waals surface area contributed by atoms with Crippen LogP contribution < -0.4 is 0 Å². The summed E-state index contributed by atoms with van der Waals surface area (Å²) in [5.74, 6) is 0. The second kappa shape index (κ2) is 5.31. The molecule has 0 aromatic carbocycles. The predicted molar refractivity (Wildman–Crippen MR) is 65.2 cm³/mol. The van der Waals surface area contributed by atoms with Gasteiger partial charge in [-0.2, -0.15) is 0 Å². The Morgan fingerprint density at radius 3 is 2.53 bits per heavy atom. The Balaban J connectivity index is 1.95. The lowest BCUT2D eigenvalue weighted by Gasteiger charge is -2.31. The summed E-state index contributed by atoms with van der Waals surface area (Å²) in [7, 11) is 0. The lowest BCUT2D eigenvalue weighted by atomic mass is 10.1. The maximum absolute atomic E-state index is 2.76. The molecule has 2 aliphatic heterocycles. The van der Waals surface area contributed by atoms with Gasteiger partial charge in [-0.25, -0.2) is 0 Å². The van der Waals surface area contributed by atoms with Crippen LogP contribution in [0.4, 0.5) is 0 Å². The summed E-state index contributed by atoms with van der Waals surface area (Å²) in [5, 5.41) is 0. The number of hydrogen-bond donors (Lipinski definition) is 0. The zero-order chi connectivity index (χ0) is 10.7. The summed E-state index contributed by atoms with van der Waals surface area (Å²) in [5.41, 5.74) is 0. The molecule has 2 rings (SSSR count). The average molecular weight is 210 g/mol. The van der Waals surface area contributed by atoms with Gasteiger partial charge >= 0.3 is 0 Å². The van der Waals surface area contributed by atoms with E-state index in [-0.39, 0.29) is 0 Å². The van der Waals surface area contributed by atoms with Crippen LogP contribution in [0.1, 0.15) is 46.0 Å². The monoisotopic (exact) mass is 210 g/mol. The highest BCUT2D eigenvalue weighted by Crippen LogP contribution is 2.23. The molecule has 0 spiro atoms. The minimum atomic E-state index is 0.838. The Labute approximate surface area is 94.6 Å². The van der Waals surface area contributed by atoms with Crippen LogP contribution >= 0.6 is 0 Å². The van der Waals surface area contributed by atoms with Crippen LogP contribution in [0.3, 0.4) is 0 Å². The van der Waals surface area contributed by atoms with E-state index < -0.39 is 0 Å². The van der Waals surface area contributed by atoms with Gasteiger partial charge in [-0.1, -0.05) is 13.8 Å². The normalized spacial score (nSPS) is 29.4. The lowest BCUT2D eigenvalue weighted by Crippen LogP contribution is -2.41. The summed E-state index contributed by atoms with van der Waals surface area (Å²) < 4.78 is 0. The van der Waals surface area contributed by atoms with Crippen molar-refractivity contribution in [3.8, 4) is 0 Å². The van der Waals surface area contributed by atoms with E-state index in [9.17, 15) is 0 Å². The largest absolute Gasteiger partial charge is 0.299 e. The zero-order valence-corrected chi connectivity index (χ0v) is 10.4. The summed E-state index contributed by atoms with van der Waals surface area (Å²) >= 11 is 0. The van der Waals surface area contributed by atoms with Crippen molar-refractivity contribution in [1.82, 2.24) is 9.80 Å². The highest BCUT2D eigenvalue weighted by Gasteiger charge is 2.30. The number of hydrogen-bond acceptors (Lipinski definition) is 2. The van der Waals surface area contributed by atoms with Crippen LogP contribution in [0.15, 0.2) is 0 Å². The Morgan fingerprint density at radius 1 is 1.07 bits per heavy atom. The summed E-state index contributed by atoms with van der Waals surface area (Å²) in [6.07, 6.45) is 6.90. The smallest absolute Gasteiger partial charge is 0.0223 e. The van der Waals surface area contributed by atoms with Crippen molar-refractivity contribution < 1.29 is 0 Å². The Bertz CT molecular complexity index is 189. The maximum atomic E-state index is 2.76. The summed E-state index contributed by atoms with van der Waals surface area (Å²) in [6.45, 7) is 10.1. The molecule has 1 unspecified atom stereocenters. The first kappa shape index (κ1) is 11.4. The first-order chi connectivity index (χ1) is 7.35. The van der Waals surface area contributed by atoms with Gasteiger partial charge in [-0.3, -0.25) is 9.80 Å². The molecule has 0 N–H and O–H groups in total. The zero-order valence-electron chi connectivity index (χ0n) is 10.4. The fourth-order valence-corrected chi connectivity index (χ4v) is 3.37. The van der Waals surface area contributed by atoms with Crippen LogP contribution in [0.5, 0.6) is 0 Å². The van der Waals surface area contributed by atoms with E-state index in [1.54, 1.807) is 0 Å². The molecule has 0 bridgehead atoms. The highest BCUT2D eigenvalue weighted by molar-refractivity contribution is 4.86. The van der Waals surface area contributed by atoms with Gasteiger partial charge in [0, 0.05) is 18.6 Å². The molecule has 2 heterocycles. The molecule has 2 nitrogen and oxygen atoms in total. The maximum Gasteiger partial charge on any atom is 0.0223 e. The van der Waals surface area contributed by atoms with Crippen molar-refractivity contribution in [2.45, 2.75) is 58.0 Å². The topological polar surface area (TPSA) is 6.48 Å². The number of fused-ring (bicyclic) bond motifs is 1. The third-order valence-corrected chi connectivity index (χ3v) is 4.29. The molecular formula is C13H26N2. The van der Waals surface area contributed by atoms with E-state index in [1.807, 2.05) is 0 Å². The van der Waals surface area contributed by atoms with E-state index >= 15 is 0 Å². The van der Waals surface area contributed by atoms with Crippen molar-refractivity contribution >= 4 is 0 Å². The van der Waals surface area contributed by atoms with Crippen molar-refractivity contribution in [3.05, 3.63) is 0 Å². The molecule has 1 atom stereocenters. The van der Waals surface area contributed by atoms with Gasteiger partial charge in [-0.05, 0) is 51.7 Å². The molecule has 15 heavy (non-hydrogen) atoms. The molecule has 0 aromatic rings. The van der Waals surface area contributed by atoms with Crippen LogP contribution in [0.2, 0.25) is 0 Å². The Hall–Kier alpha value is -0.0800. The average Bonchev–Trinajstić information content (AvgIpc) is 2.59. The molecule has 0 amide bonds. The lowest BCUT2D eigenvalue weighted by molar-refractivity contribution is 0.165. The third-order valence-electron chi connectivity index (χ3n) is 4.29. The van der Waals surface area contributed by atoms with Gasteiger partial charge < -0.3 is 0 Å². The molecule has 0 saturated carbocycles. The molecule has 2 saturated heterocycles. The van der Waals surface area contributed by atoms with Gasteiger partial charge in [0.25, 0.3) is 0 Å². The van der Waals surface area contributed by atoms with Crippen LogP contribution in [0.25, 0.3) is 0 Å². The quantitative estimate of drug-likeness (QED) is 0.705. The number of nitrogens with zero attached hydrogens (tertiary/aromatic N) is 2. The van der Waals surface area contributed by atoms with Gasteiger partial charge in [-0.15, -0.1) is 0 Å². The number of rotatable bonds is 3. The van der Waals surface area contributed by atoms with Crippen molar-refractivity contribution in [1.29, 1.82) is 0 Å². The highest BCUT2D eigenvalue weighted by atomic mass is 15.3. The molecule has 2 fully saturated rings. The third kappa shape index (κ3) is 2.54. The molecule has 0 aromatic heterocycles. The molecular weight excluding hydrogens is 184 g/mol.